The van der Waals surface area contributed by atoms with Crippen molar-refractivity contribution in [1.82, 2.24) is 9.80 Å². The first-order valence-electron chi connectivity index (χ1n) is 11.9. The lowest BCUT2D eigenvalue weighted by Gasteiger charge is -2.34. The lowest BCUT2D eigenvalue weighted by atomic mass is 9.87. The van der Waals surface area contributed by atoms with Crippen LogP contribution in [0.4, 0.5) is 4.39 Å². The van der Waals surface area contributed by atoms with Crippen molar-refractivity contribution in [3.63, 3.8) is 0 Å². The number of benzene rings is 3. The fourth-order valence-electron chi connectivity index (χ4n) is 4.20. The van der Waals surface area contributed by atoms with Crippen LogP contribution in [0.15, 0.2) is 72.8 Å². The molecule has 178 valence electrons. The molecule has 0 saturated carbocycles. The maximum absolute atomic E-state index is 13.4. The van der Waals surface area contributed by atoms with Gasteiger partial charge in [0.25, 0.3) is 5.91 Å². The third kappa shape index (κ3) is 6.23. The van der Waals surface area contributed by atoms with Gasteiger partial charge in [0, 0.05) is 38.3 Å². The smallest absolute Gasteiger partial charge is 0.253 e. The molecule has 0 spiro atoms. The molecule has 1 amide bonds. The van der Waals surface area contributed by atoms with Crippen LogP contribution < -0.4 is 4.74 Å². The molecular weight excluding hydrogens is 427 g/mol. The van der Waals surface area contributed by atoms with Gasteiger partial charge in [-0.25, -0.2) is 4.39 Å². The SMILES string of the molecule is CC(C)(C)c1ccc(OCc2cccc(C(=O)N3CCN(Cc4cccc(F)c4)CC3)c2)cc1. The van der Waals surface area contributed by atoms with Gasteiger partial charge in [0.2, 0.25) is 0 Å². The number of nitrogens with zero attached hydrogens (tertiary/aromatic N) is 2. The van der Waals surface area contributed by atoms with Crippen LogP contribution in [0.3, 0.4) is 0 Å². The predicted octanol–water partition coefficient (Wildman–Crippen LogP) is 5.66. The van der Waals surface area contributed by atoms with E-state index in [1.54, 1.807) is 12.1 Å². The van der Waals surface area contributed by atoms with Crippen LogP contribution in [0.1, 0.15) is 47.8 Å². The van der Waals surface area contributed by atoms with Crippen LogP contribution >= 0.6 is 0 Å². The van der Waals surface area contributed by atoms with Gasteiger partial charge >= 0.3 is 0 Å². The molecule has 1 heterocycles. The molecule has 3 aromatic rings. The summed E-state index contributed by atoms with van der Waals surface area (Å²) in [5.74, 6) is 0.651. The third-order valence-electron chi connectivity index (χ3n) is 6.25. The molecule has 1 fully saturated rings. The zero-order chi connectivity index (χ0) is 24.1. The molecule has 4 nitrogen and oxygen atoms in total. The highest BCUT2D eigenvalue weighted by molar-refractivity contribution is 5.94. The van der Waals surface area contributed by atoms with Gasteiger partial charge in [-0.2, -0.15) is 0 Å². The van der Waals surface area contributed by atoms with E-state index in [1.807, 2.05) is 47.4 Å². The van der Waals surface area contributed by atoms with Crippen molar-refractivity contribution < 1.29 is 13.9 Å². The van der Waals surface area contributed by atoms with Crippen LogP contribution in [0.5, 0.6) is 5.75 Å². The van der Waals surface area contributed by atoms with Crippen LogP contribution in [-0.4, -0.2) is 41.9 Å². The number of ether oxygens (including phenoxy) is 1. The Morgan fingerprint density at radius 1 is 0.882 bits per heavy atom. The van der Waals surface area contributed by atoms with E-state index in [1.165, 1.54) is 11.6 Å². The Kier molecular flexibility index (Phi) is 7.32. The number of amides is 1. The zero-order valence-corrected chi connectivity index (χ0v) is 20.3. The molecule has 0 aliphatic carbocycles. The summed E-state index contributed by atoms with van der Waals surface area (Å²) in [6.45, 7) is 10.6. The van der Waals surface area contributed by atoms with E-state index in [9.17, 15) is 9.18 Å². The Morgan fingerprint density at radius 2 is 1.56 bits per heavy atom. The van der Waals surface area contributed by atoms with E-state index in [4.69, 9.17) is 4.74 Å². The van der Waals surface area contributed by atoms with E-state index in [0.29, 0.717) is 31.8 Å². The summed E-state index contributed by atoms with van der Waals surface area (Å²) in [5, 5.41) is 0. The maximum Gasteiger partial charge on any atom is 0.253 e. The fraction of sp³-hybridized carbons (Fsp3) is 0.345. The molecule has 1 aliphatic heterocycles. The molecule has 0 unspecified atom stereocenters. The highest BCUT2D eigenvalue weighted by Gasteiger charge is 2.22. The molecule has 5 heteroatoms. The number of piperazine rings is 1. The van der Waals surface area contributed by atoms with E-state index >= 15 is 0 Å². The van der Waals surface area contributed by atoms with Crippen LogP contribution in [0.2, 0.25) is 0 Å². The van der Waals surface area contributed by atoms with Crippen molar-refractivity contribution >= 4 is 5.91 Å². The molecule has 4 rings (SSSR count). The van der Waals surface area contributed by atoms with Crippen LogP contribution in [0.25, 0.3) is 0 Å². The Hall–Kier alpha value is -3.18. The zero-order valence-electron chi connectivity index (χ0n) is 20.3. The predicted molar refractivity (Wildman–Crippen MR) is 133 cm³/mol. The Morgan fingerprint density at radius 3 is 2.24 bits per heavy atom. The van der Waals surface area contributed by atoms with Crippen molar-refractivity contribution in [2.75, 3.05) is 26.2 Å². The van der Waals surface area contributed by atoms with E-state index in [0.717, 1.165) is 30.0 Å². The van der Waals surface area contributed by atoms with Gasteiger partial charge in [-0.15, -0.1) is 0 Å². The summed E-state index contributed by atoms with van der Waals surface area (Å²) in [7, 11) is 0. The van der Waals surface area contributed by atoms with Crippen LogP contribution in [0, 0.1) is 5.82 Å². The summed E-state index contributed by atoms with van der Waals surface area (Å²) in [4.78, 5) is 17.2. The number of carbonyl (C=O) groups is 1. The van der Waals surface area contributed by atoms with Gasteiger partial charge in [0.1, 0.15) is 18.2 Å². The summed E-state index contributed by atoms with van der Waals surface area (Å²) < 4.78 is 19.4. The summed E-state index contributed by atoms with van der Waals surface area (Å²) in [6, 6.07) is 22.6. The number of carbonyl (C=O) groups excluding carboxylic acids is 1. The number of rotatable bonds is 6. The molecule has 0 N–H and O–H groups in total. The van der Waals surface area contributed by atoms with Crippen molar-refractivity contribution in [3.8, 4) is 5.75 Å². The second kappa shape index (κ2) is 10.4. The molecule has 0 aromatic heterocycles. The van der Waals surface area contributed by atoms with Crippen molar-refractivity contribution in [2.24, 2.45) is 0 Å². The highest BCUT2D eigenvalue weighted by Crippen LogP contribution is 2.24. The van der Waals surface area contributed by atoms with Gasteiger partial charge in [-0.05, 0) is 58.5 Å². The molecular formula is C29H33FN2O2. The second-order valence-electron chi connectivity index (χ2n) is 9.96. The fourth-order valence-corrected chi connectivity index (χ4v) is 4.20. The monoisotopic (exact) mass is 460 g/mol. The molecule has 0 radical (unpaired) electrons. The van der Waals surface area contributed by atoms with Crippen molar-refractivity contribution in [2.45, 2.75) is 39.3 Å². The molecule has 0 bridgehead atoms. The van der Waals surface area contributed by atoms with Gasteiger partial charge in [0.15, 0.2) is 0 Å². The number of hydrogen-bond acceptors (Lipinski definition) is 3. The van der Waals surface area contributed by atoms with Gasteiger partial charge in [0.05, 0.1) is 0 Å². The molecule has 0 atom stereocenters. The standard InChI is InChI=1S/C29H33FN2O2/c1-29(2,3)25-10-12-27(13-11-25)34-21-23-7-4-8-24(18-23)28(33)32-16-14-31(15-17-32)20-22-6-5-9-26(30)19-22/h4-13,18-19H,14-17,20-21H2,1-3H3. The van der Waals surface area contributed by atoms with Gasteiger partial charge < -0.3 is 9.64 Å². The second-order valence-corrected chi connectivity index (χ2v) is 9.96. The summed E-state index contributed by atoms with van der Waals surface area (Å²) in [6.07, 6.45) is 0. The Bertz CT molecular complexity index is 1110. The third-order valence-corrected chi connectivity index (χ3v) is 6.25. The molecule has 1 aliphatic rings. The number of halogens is 1. The first-order valence-corrected chi connectivity index (χ1v) is 11.9. The average molecular weight is 461 g/mol. The largest absolute Gasteiger partial charge is 0.489 e. The highest BCUT2D eigenvalue weighted by atomic mass is 19.1. The molecule has 34 heavy (non-hydrogen) atoms. The minimum Gasteiger partial charge on any atom is -0.489 e. The summed E-state index contributed by atoms with van der Waals surface area (Å²) >= 11 is 0. The first-order chi connectivity index (χ1) is 16.3. The van der Waals surface area contributed by atoms with Crippen molar-refractivity contribution in [3.05, 3.63) is 101 Å². The maximum atomic E-state index is 13.4. The molecule has 1 saturated heterocycles. The van der Waals surface area contributed by atoms with E-state index in [-0.39, 0.29) is 17.1 Å². The van der Waals surface area contributed by atoms with E-state index < -0.39 is 0 Å². The first kappa shape index (κ1) is 24.0. The van der Waals surface area contributed by atoms with Gasteiger partial charge in [-0.3, -0.25) is 9.69 Å². The minimum absolute atomic E-state index is 0.0433. The minimum atomic E-state index is -0.211. The van der Waals surface area contributed by atoms with Crippen molar-refractivity contribution in [1.29, 1.82) is 0 Å². The van der Waals surface area contributed by atoms with Crippen LogP contribution in [-0.2, 0) is 18.6 Å². The number of hydrogen-bond donors (Lipinski definition) is 0. The normalized spacial score (nSPS) is 14.8. The lowest BCUT2D eigenvalue weighted by molar-refractivity contribution is 0.0628. The Labute approximate surface area is 202 Å². The summed E-state index contributed by atoms with van der Waals surface area (Å²) in [5.41, 5.74) is 3.99. The topological polar surface area (TPSA) is 32.8 Å². The molecule has 3 aromatic carbocycles. The Balaban J connectivity index is 1.30. The van der Waals surface area contributed by atoms with Gasteiger partial charge in [-0.1, -0.05) is 57.2 Å². The van der Waals surface area contributed by atoms with E-state index in [2.05, 4.69) is 37.8 Å². The quantitative estimate of drug-likeness (QED) is 0.476. The lowest BCUT2D eigenvalue weighted by Crippen LogP contribution is -2.48. The average Bonchev–Trinajstić information content (AvgIpc) is 2.83.